The van der Waals surface area contributed by atoms with Gasteiger partial charge in [-0.05, 0) is 40.3 Å². The molecule has 0 saturated heterocycles. The summed E-state index contributed by atoms with van der Waals surface area (Å²) in [5, 5.41) is 0.681. The first-order chi connectivity index (χ1) is 8.15. The Hall–Kier alpha value is -0.520. The largest absolute Gasteiger partial charge is 0.487 e. The minimum absolute atomic E-state index is 0.285. The Bertz CT molecular complexity index is 516. The van der Waals surface area contributed by atoms with Crippen molar-refractivity contribution in [2.24, 2.45) is 0 Å². The SMILES string of the molecule is Clc1cc(OCc2ccc(I)cc2)cnc1Cl. The summed E-state index contributed by atoms with van der Waals surface area (Å²) in [6.45, 7) is 0.483. The second-order valence-electron chi connectivity index (χ2n) is 3.36. The van der Waals surface area contributed by atoms with Gasteiger partial charge in [-0.2, -0.15) is 0 Å². The molecule has 0 aliphatic carbocycles. The molecule has 2 rings (SSSR count). The molecule has 1 aromatic carbocycles. The van der Waals surface area contributed by atoms with Crippen LogP contribution in [-0.4, -0.2) is 4.98 Å². The molecule has 0 aliphatic heterocycles. The van der Waals surface area contributed by atoms with Crippen LogP contribution in [0.15, 0.2) is 36.5 Å². The van der Waals surface area contributed by atoms with Gasteiger partial charge in [-0.1, -0.05) is 35.3 Å². The van der Waals surface area contributed by atoms with Crippen LogP contribution in [0.3, 0.4) is 0 Å². The molecule has 0 fully saturated rings. The highest BCUT2D eigenvalue weighted by Gasteiger charge is 2.02. The van der Waals surface area contributed by atoms with Crippen molar-refractivity contribution in [2.75, 3.05) is 0 Å². The van der Waals surface area contributed by atoms with Gasteiger partial charge in [0.2, 0.25) is 0 Å². The fourth-order valence-electron chi connectivity index (χ4n) is 1.23. The van der Waals surface area contributed by atoms with E-state index in [1.54, 1.807) is 12.3 Å². The minimum atomic E-state index is 0.285. The summed E-state index contributed by atoms with van der Waals surface area (Å²) in [6, 6.07) is 9.77. The summed E-state index contributed by atoms with van der Waals surface area (Å²) >= 11 is 13.8. The molecule has 0 bridgehead atoms. The van der Waals surface area contributed by atoms with Crippen LogP contribution in [-0.2, 0) is 6.61 Å². The number of rotatable bonds is 3. The normalized spacial score (nSPS) is 10.3. The lowest BCUT2D eigenvalue weighted by Gasteiger charge is -2.06. The second-order valence-corrected chi connectivity index (χ2v) is 5.37. The van der Waals surface area contributed by atoms with Gasteiger partial charge in [0.15, 0.2) is 0 Å². The highest BCUT2D eigenvalue weighted by Crippen LogP contribution is 2.24. The highest BCUT2D eigenvalue weighted by atomic mass is 127. The van der Waals surface area contributed by atoms with Gasteiger partial charge in [-0.25, -0.2) is 4.98 Å². The van der Waals surface area contributed by atoms with E-state index in [1.807, 2.05) is 24.3 Å². The quantitative estimate of drug-likeness (QED) is 0.575. The van der Waals surface area contributed by atoms with Crippen LogP contribution in [0.1, 0.15) is 5.56 Å². The van der Waals surface area contributed by atoms with Crippen LogP contribution in [0.25, 0.3) is 0 Å². The van der Waals surface area contributed by atoms with Gasteiger partial charge in [-0.3, -0.25) is 0 Å². The third-order valence-electron chi connectivity index (χ3n) is 2.09. The zero-order valence-electron chi connectivity index (χ0n) is 8.66. The van der Waals surface area contributed by atoms with Crippen LogP contribution in [0.4, 0.5) is 0 Å². The molecule has 1 aromatic heterocycles. The van der Waals surface area contributed by atoms with E-state index in [-0.39, 0.29) is 5.15 Å². The molecule has 0 atom stereocenters. The summed E-state index contributed by atoms with van der Waals surface area (Å²) in [5.41, 5.74) is 1.09. The Balaban J connectivity index is 2.02. The Morgan fingerprint density at radius 3 is 2.53 bits per heavy atom. The molecule has 0 N–H and O–H groups in total. The van der Waals surface area contributed by atoms with E-state index < -0.39 is 0 Å². The molecule has 0 aliphatic rings. The standard InChI is InChI=1S/C12H8Cl2INO/c13-11-5-10(6-16-12(11)14)17-7-8-1-3-9(15)4-2-8/h1-6H,7H2. The molecule has 2 nitrogen and oxygen atoms in total. The Morgan fingerprint density at radius 2 is 1.88 bits per heavy atom. The second kappa shape index (κ2) is 5.89. The number of pyridine rings is 1. The van der Waals surface area contributed by atoms with Gasteiger partial charge in [0.05, 0.1) is 11.2 Å². The summed E-state index contributed by atoms with van der Waals surface area (Å²) in [7, 11) is 0. The molecule has 5 heteroatoms. The maximum absolute atomic E-state index is 5.84. The van der Waals surface area contributed by atoms with E-state index in [0.717, 1.165) is 5.56 Å². The van der Waals surface area contributed by atoms with Crippen LogP contribution >= 0.6 is 45.8 Å². The van der Waals surface area contributed by atoms with Crippen LogP contribution in [0.2, 0.25) is 10.2 Å². The van der Waals surface area contributed by atoms with E-state index in [2.05, 4.69) is 27.6 Å². The molecule has 0 unspecified atom stereocenters. The fourth-order valence-corrected chi connectivity index (χ4v) is 1.85. The third-order valence-corrected chi connectivity index (χ3v) is 3.50. The van der Waals surface area contributed by atoms with Crippen molar-refractivity contribution in [1.29, 1.82) is 0 Å². The minimum Gasteiger partial charge on any atom is -0.487 e. The summed E-state index contributed by atoms with van der Waals surface area (Å²) < 4.78 is 6.76. The topological polar surface area (TPSA) is 22.1 Å². The van der Waals surface area contributed by atoms with E-state index in [9.17, 15) is 0 Å². The predicted octanol–water partition coefficient (Wildman–Crippen LogP) is 4.57. The van der Waals surface area contributed by atoms with Gasteiger partial charge in [-0.15, -0.1) is 0 Å². The maximum atomic E-state index is 5.84. The zero-order chi connectivity index (χ0) is 12.3. The van der Waals surface area contributed by atoms with Crippen molar-refractivity contribution >= 4 is 45.8 Å². The highest BCUT2D eigenvalue weighted by molar-refractivity contribution is 14.1. The van der Waals surface area contributed by atoms with E-state index in [1.165, 1.54) is 3.57 Å². The Morgan fingerprint density at radius 1 is 1.18 bits per heavy atom. The number of hydrogen-bond acceptors (Lipinski definition) is 2. The Kier molecular flexibility index (Phi) is 4.48. The van der Waals surface area contributed by atoms with Crippen LogP contribution in [0, 0.1) is 3.57 Å². The lowest BCUT2D eigenvalue weighted by Crippen LogP contribution is -1.96. The first-order valence-corrected chi connectivity index (χ1v) is 6.67. The fraction of sp³-hybridized carbons (Fsp3) is 0.0833. The van der Waals surface area contributed by atoms with Gasteiger partial charge in [0.1, 0.15) is 17.5 Å². The first-order valence-electron chi connectivity index (χ1n) is 4.83. The van der Waals surface area contributed by atoms with Gasteiger partial charge >= 0.3 is 0 Å². The van der Waals surface area contributed by atoms with Crippen molar-refractivity contribution in [3.8, 4) is 5.75 Å². The third kappa shape index (κ3) is 3.72. The molecule has 0 spiro atoms. The number of aromatic nitrogens is 1. The van der Waals surface area contributed by atoms with Crippen LogP contribution in [0.5, 0.6) is 5.75 Å². The first kappa shape index (κ1) is 12.9. The monoisotopic (exact) mass is 379 g/mol. The van der Waals surface area contributed by atoms with E-state index in [0.29, 0.717) is 17.4 Å². The lowest BCUT2D eigenvalue weighted by atomic mass is 10.2. The van der Waals surface area contributed by atoms with Crippen molar-refractivity contribution in [1.82, 2.24) is 4.98 Å². The molecule has 17 heavy (non-hydrogen) atoms. The van der Waals surface area contributed by atoms with Gasteiger partial charge in [0.25, 0.3) is 0 Å². The summed E-state index contributed by atoms with van der Waals surface area (Å²) in [4.78, 5) is 3.91. The van der Waals surface area contributed by atoms with Crippen molar-refractivity contribution in [3.05, 3.63) is 55.8 Å². The molecule has 88 valence electrons. The van der Waals surface area contributed by atoms with Crippen molar-refractivity contribution in [2.45, 2.75) is 6.61 Å². The smallest absolute Gasteiger partial charge is 0.147 e. The average Bonchev–Trinajstić information content (AvgIpc) is 2.33. The molecule has 0 saturated carbocycles. The molecule has 1 heterocycles. The van der Waals surface area contributed by atoms with Crippen molar-refractivity contribution < 1.29 is 4.74 Å². The summed E-state index contributed by atoms with van der Waals surface area (Å²) in [5.74, 6) is 0.609. The van der Waals surface area contributed by atoms with Crippen molar-refractivity contribution in [3.63, 3.8) is 0 Å². The molecule has 0 radical (unpaired) electrons. The van der Waals surface area contributed by atoms with Crippen LogP contribution < -0.4 is 4.74 Å². The average molecular weight is 380 g/mol. The lowest BCUT2D eigenvalue weighted by molar-refractivity contribution is 0.305. The summed E-state index contributed by atoms with van der Waals surface area (Å²) in [6.07, 6.45) is 1.56. The Labute approximate surface area is 123 Å². The number of nitrogens with zero attached hydrogens (tertiary/aromatic N) is 1. The van der Waals surface area contributed by atoms with Gasteiger partial charge < -0.3 is 4.74 Å². The number of benzene rings is 1. The molecule has 0 amide bonds. The van der Waals surface area contributed by atoms with E-state index in [4.69, 9.17) is 27.9 Å². The molecule has 2 aromatic rings. The van der Waals surface area contributed by atoms with Gasteiger partial charge in [0, 0.05) is 9.64 Å². The number of halogens is 3. The molecular weight excluding hydrogens is 372 g/mol. The zero-order valence-corrected chi connectivity index (χ0v) is 12.3. The maximum Gasteiger partial charge on any atom is 0.147 e. The number of ether oxygens (including phenoxy) is 1. The molecular formula is C12H8Cl2INO. The van der Waals surface area contributed by atoms with E-state index >= 15 is 0 Å². The number of hydrogen-bond donors (Lipinski definition) is 0. The predicted molar refractivity (Wildman–Crippen MR) is 77.7 cm³/mol.